The molecule has 0 saturated carbocycles. The van der Waals surface area contributed by atoms with Crippen LogP contribution in [0.15, 0.2) is 35.8 Å². The van der Waals surface area contributed by atoms with E-state index < -0.39 is 0 Å². The molecular formula is C11H11NO2. The van der Waals surface area contributed by atoms with Crippen molar-refractivity contribution in [3.05, 3.63) is 36.4 Å². The number of isocyanates is 1. The van der Waals surface area contributed by atoms with E-state index in [-0.39, 0.29) is 0 Å². The van der Waals surface area contributed by atoms with Crippen molar-refractivity contribution in [2.45, 2.75) is 6.92 Å². The van der Waals surface area contributed by atoms with E-state index in [1.807, 2.05) is 13.0 Å². The molecule has 0 bridgehead atoms. The van der Waals surface area contributed by atoms with E-state index in [0.717, 1.165) is 5.56 Å². The van der Waals surface area contributed by atoms with Crippen molar-refractivity contribution < 1.29 is 9.53 Å². The third-order valence-electron chi connectivity index (χ3n) is 1.66. The van der Waals surface area contributed by atoms with E-state index >= 15 is 0 Å². The van der Waals surface area contributed by atoms with Crippen molar-refractivity contribution in [1.29, 1.82) is 0 Å². The fraction of sp³-hybridized carbons (Fsp3) is 0.182. The van der Waals surface area contributed by atoms with Crippen LogP contribution in [0.1, 0.15) is 12.5 Å². The Morgan fingerprint density at radius 3 is 3.07 bits per heavy atom. The molecule has 0 aliphatic carbocycles. The summed E-state index contributed by atoms with van der Waals surface area (Å²) in [4.78, 5) is 13.5. The van der Waals surface area contributed by atoms with Crippen LogP contribution in [0.3, 0.4) is 0 Å². The Labute approximate surface area is 82.7 Å². The molecule has 3 heteroatoms. The minimum absolute atomic E-state index is 0.554. The molecule has 0 saturated heterocycles. The summed E-state index contributed by atoms with van der Waals surface area (Å²) in [6.45, 7) is 6.21. The van der Waals surface area contributed by atoms with Gasteiger partial charge in [0.15, 0.2) is 0 Å². The lowest BCUT2D eigenvalue weighted by atomic mass is 10.2. The number of aliphatic imine (C=N–C) groups is 1. The molecule has 1 aromatic rings. The highest BCUT2D eigenvalue weighted by Crippen LogP contribution is 2.19. The lowest BCUT2D eigenvalue weighted by molar-refractivity contribution is 0.299. The van der Waals surface area contributed by atoms with Crippen molar-refractivity contribution in [3.8, 4) is 0 Å². The van der Waals surface area contributed by atoms with Crippen LogP contribution in [-0.4, -0.2) is 12.7 Å². The highest BCUT2D eigenvalue weighted by atomic mass is 16.5. The van der Waals surface area contributed by atoms with E-state index in [4.69, 9.17) is 4.74 Å². The highest BCUT2D eigenvalue weighted by Gasteiger charge is 1.99. The zero-order valence-corrected chi connectivity index (χ0v) is 7.99. The van der Waals surface area contributed by atoms with Gasteiger partial charge in [-0.25, -0.2) is 4.79 Å². The summed E-state index contributed by atoms with van der Waals surface area (Å²) in [5, 5.41) is 0. The second kappa shape index (κ2) is 5.00. The molecule has 0 spiro atoms. The minimum Gasteiger partial charge on any atom is -0.494 e. The third-order valence-corrected chi connectivity index (χ3v) is 1.66. The van der Waals surface area contributed by atoms with Gasteiger partial charge in [-0.1, -0.05) is 18.7 Å². The molecule has 0 aliphatic heterocycles. The topological polar surface area (TPSA) is 38.7 Å². The summed E-state index contributed by atoms with van der Waals surface area (Å²) in [6.07, 6.45) is 1.49. The van der Waals surface area contributed by atoms with E-state index in [1.54, 1.807) is 18.2 Å². The predicted octanol–water partition coefficient (Wildman–Crippen LogP) is 2.66. The van der Waals surface area contributed by atoms with E-state index in [9.17, 15) is 4.79 Å². The molecule has 0 unspecified atom stereocenters. The van der Waals surface area contributed by atoms with Crippen LogP contribution < -0.4 is 0 Å². The fourth-order valence-corrected chi connectivity index (χ4v) is 1.06. The second-order valence-corrected chi connectivity index (χ2v) is 2.61. The van der Waals surface area contributed by atoms with Gasteiger partial charge in [0.2, 0.25) is 6.08 Å². The molecule has 0 aromatic heterocycles. The van der Waals surface area contributed by atoms with Gasteiger partial charge in [0.1, 0.15) is 5.76 Å². The summed E-state index contributed by atoms with van der Waals surface area (Å²) in [5.41, 5.74) is 1.38. The molecule has 0 amide bonds. The first-order valence-electron chi connectivity index (χ1n) is 4.28. The van der Waals surface area contributed by atoms with Crippen LogP contribution in [0.25, 0.3) is 5.76 Å². The molecule has 14 heavy (non-hydrogen) atoms. The number of carbonyl (C=O) groups excluding carboxylic acids is 1. The number of rotatable bonds is 4. The number of hydrogen-bond donors (Lipinski definition) is 0. The number of nitrogens with zero attached hydrogens (tertiary/aromatic N) is 1. The average Bonchev–Trinajstić information content (AvgIpc) is 2.19. The largest absolute Gasteiger partial charge is 0.494 e. The lowest BCUT2D eigenvalue weighted by Crippen LogP contribution is -1.88. The van der Waals surface area contributed by atoms with E-state index in [1.165, 1.54) is 6.08 Å². The Bertz CT molecular complexity index is 379. The Hall–Kier alpha value is -1.86. The first-order chi connectivity index (χ1) is 6.77. The van der Waals surface area contributed by atoms with Crippen LogP contribution >= 0.6 is 0 Å². The quantitative estimate of drug-likeness (QED) is 0.415. The molecule has 3 nitrogen and oxygen atoms in total. The van der Waals surface area contributed by atoms with Crippen molar-refractivity contribution in [2.24, 2.45) is 4.99 Å². The summed E-state index contributed by atoms with van der Waals surface area (Å²) in [6, 6.07) is 7.08. The smallest absolute Gasteiger partial charge is 0.240 e. The minimum atomic E-state index is 0.554. The first kappa shape index (κ1) is 10.2. The molecule has 0 aliphatic rings. The number of hydrogen-bond acceptors (Lipinski definition) is 3. The molecular weight excluding hydrogens is 178 g/mol. The van der Waals surface area contributed by atoms with Crippen LogP contribution in [0.4, 0.5) is 5.69 Å². The van der Waals surface area contributed by atoms with Gasteiger partial charge in [0.05, 0.1) is 12.3 Å². The zero-order valence-electron chi connectivity index (χ0n) is 7.99. The van der Waals surface area contributed by atoms with Gasteiger partial charge in [-0.3, -0.25) is 0 Å². The SMILES string of the molecule is C=C(OCC)c1cccc(N=C=O)c1. The Kier molecular flexibility index (Phi) is 3.65. The van der Waals surface area contributed by atoms with Crippen molar-refractivity contribution in [1.82, 2.24) is 0 Å². The standard InChI is InChI=1S/C11H11NO2/c1-3-14-9(2)10-5-4-6-11(7-10)12-8-13/h4-7H,2-3H2,1H3. The summed E-state index contributed by atoms with van der Waals surface area (Å²) in [5.74, 6) is 0.579. The number of benzene rings is 1. The van der Waals surface area contributed by atoms with Crippen molar-refractivity contribution >= 4 is 17.5 Å². The maximum atomic E-state index is 10.0. The predicted molar refractivity (Wildman–Crippen MR) is 54.9 cm³/mol. The highest BCUT2D eigenvalue weighted by molar-refractivity contribution is 5.62. The van der Waals surface area contributed by atoms with E-state index in [0.29, 0.717) is 18.1 Å². The molecule has 72 valence electrons. The molecule has 1 aromatic carbocycles. The van der Waals surface area contributed by atoms with Crippen LogP contribution in [0, 0.1) is 0 Å². The maximum Gasteiger partial charge on any atom is 0.240 e. The van der Waals surface area contributed by atoms with E-state index in [2.05, 4.69) is 11.6 Å². The Balaban J connectivity index is 2.93. The van der Waals surface area contributed by atoms with Gasteiger partial charge in [-0.05, 0) is 19.1 Å². The van der Waals surface area contributed by atoms with Gasteiger partial charge in [0, 0.05) is 5.56 Å². The second-order valence-electron chi connectivity index (χ2n) is 2.61. The normalized spacial score (nSPS) is 8.93. The maximum absolute atomic E-state index is 10.0. The third kappa shape index (κ3) is 2.57. The van der Waals surface area contributed by atoms with Gasteiger partial charge in [-0.2, -0.15) is 4.99 Å². The Morgan fingerprint density at radius 2 is 2.43 bits per heavy atom. The molecule has 0 N–H and O–H groups in total. The van der Waals surface area contributed by atoms with Crippen LogP contribution in [0.2, 0.25) is 0 Å². The lowest BCUT2D eigenvalue weighted by Gasteiger charge is -2.06. The molecule has 0 radical (unpaired) electrons. The summed E-state index contributed by atoms with van der Waals surface area (Å²) in [7, 11) is 0. The first-order valence-corrected chi connectivity index (χ1v) is 4.28. The van der Waals surface area contributed by atoms with Gasteiger partial charge >= 0.3 is 0 Å². The van der Waals surface area contributed by atoms with Crippen LogP contribution in [0.5, 0.6) is 0 Å². The molecule has 0 fully saturated rings. The van der Waals surface area contributed by atoms with Crippen molar-refractivity contribution in [3.63, 3.8) is 0 Å². The summed E-state index contributed by atoms with van der Waals surface area (Å²) >= 11 is 0. The monoisotopic (exact) mass is 189 g/mol. The van der Waals surface area contributed by atoms with Crippen molar-refractivity contribution in [2.75, 3.05) is 6.61 Å². The molecule has 0 heterocycles. The Morgan fingerprint density at radius 1 is 1.64 bits per heavy atom. The molecule has 0 atom stereocenters. The number of ether oxygens (including phenoxy) is 1. The van der Waals surface area contributed by atoms with Gasteiger partial charge in [-0.15, -0.1) is 0 Å². The molecule has 1 rings (SSSR count). The summed E-state index contributed by atoms with van der Waals surface area (Å²) < 4.78 is 5.23. The van der Waals surface area contributed by atoms with Gasteiger partial charge < -0.3 is 4.74 Å². The van der Waals surface area contributed by atoms with Crippen LogP contribution in [-0.2, 0) is 9.53 Å². The average molecular weight is 189 g/mol. The van der Waals surface area contributed by atoms with Gasteiger partial charge in [0.25, 0.3) is 0 Å². The fourth-order valence-electron chi connectivity index (χ4n) is 1.06. The zero-order chi connectivity index (χ0) is 10.4.